The molecule has 0 heterocycles. The van der Waals surface area contributed by atoms with Crippen LogP contribution in [0.15, 0.2) is 170 Å². The Morgan fingerprint density at radius 3 is 0.639 bits per heavy atom. The summed E-state index contributed by atoms with van der Waals surface area (Å²) in [4.78, 5) is 0. The zero-order valence-corrected chi connectivity index (χ0v) is 22.2. The Hall–Kier alpha value is -3.56. The van der Waals surface area contributed by atoms with Crippen LogP contribution in [0.1, 0.15) is 0 Å². The van der Waals surface area contributed by atoms with Crippen LogP contribution >= 0.6 is 17.2 Å². The van der Waals surface area contributed by atoms with Gasteiger partial charge in [-0.15, -0.1) is 0 Å². The lowest BCUT2D eigenvalue weighted by atomic mass is 10.1. The summed E-state index contributed by atoms with van der Waals surface area (Å²) in [5.74, 6) is 0. The molecule has 36 heavy (non-hydrogen) atoms. The molecule has 0 aliphatic carbocycles. The average molecular weight is 501 g/mol. The standard InChI is InChI=1S/2C12H11P.C10H8/c2*1-3-7-11(8-4-1)13-12-9-5-2-6-10-12;1-2-6-10-8-4-3-7-9(10)5-1/h2*1-10,13H;1-8H. The summed E-state index contributed by atoms with van der Waals surface area (Å²) >= 11 is 0. The Bertz CT molecular complexity index is 1180. The van der Waals surface area contributed by atoms with E-state index in [1.54, 1.807) is 0 Å². The smallest absolute Gasteiger partial charge is 0.0184 e. The SMILES string of the molecule is c1ccc(Pc2ccccc2)cc1.c1ccc(Pc2ccccc2)cc1.c1ccc2ccccc2c1. The summed E-state index contributed by atoms with van der Waals surface area (Å²) in [5, 5.41) is 8.21. The minimum Gasteiger partial charge on any atom is -0.0622 e. The molecule has 0 saturated heterocycles. The highest BCUT2D eigenvalue weighted by molar-refractivity contribution is 7.55. The second-order valence-electron chi connectivity index (χ2n) is 8.06. The van der Waals surface area contributed by atoms with Crippen LogP contribution < -0.4 is 21.2 Å². The quantitative estimate of drug-likeness (QED) is 0.220. The lowest BCUT2D eigenvalue weighted by molar-refractivity contribution is 1.75. The van der Waals surface area contributed by atoms with Crippen molar-refractivity contribution >= 4 is 49.2 Å². The number of fused-ring (bicyclic) bond motifs is 1. The van der Waals surface area contributed by atoms with Crippen molar-refractivity contribution in [2.45, 2.75) is 0 Å². The van der Waals surface area contributed by atoms with Gasteiger partial charge in [0.25, 0.3) is 0 Å². The number of benzene rings is 6. The molecule has 0 spiro atoms. The first-order valence-corrected chi connectivity index (χ1v) is 14.0. The average Bonchev–Trinajstić information content (AvgIpc) is 2.96. The number of hydrogen-bond acceptors (Lipinski definition) is 0. The van der Waals surface area contributed by atoms with Gasteiger partial charge in [0.2, 0.25) is 0 Å². The molecule has 0 nitrogen and oxygen atoms in total. The van der Waals surface area contributed by atoms with Gasteiger partial charge in [-0.2, -0.15) is 0 Å². The molecule has 2 heteroatoms. The Balaban J connectivity index is 0.000000128. The van der Waals surface area contributed by atoms with Crippen molar-refractivity contribution < 1.29 is 0 Å². The maximum Gasteiger partial charge on any atom is -0.0184 e. The molecule has 6 aromatic rings. The molecule has 0 aliphatic heterocycles. The summed E-state index contributed by atoms with van der Waals surface area (Å²) in [6.45, 7) is 0. The largest absolute Gasteiger partial charge is 0.0622 e. The van der Waals surface area contributed by atoms with Crippen LogP contribution in [0.4, 0.5) is 0 Å². The van der Waals surface area contributed by atoms with Gasteiger partial charge in [-0.1, -0.05) is 187 Å². The number of rotatable bonds is 4. The highest BCUT2D eigenvalue weighted by Crippen LogP contribution is 2.11. The van der Waals surface area contributed by atoms with Crippen LogP contribution in [0.3, 0.4) is 0 Å². The van der Waals surface area contributed by atoms with Gasteiger partial charge in [-0.05, 0) is 32.0 Å². The van der Waals surface area contributed by atoms with Gasteiger partial charge in [-0.3, -0.25) is 0 Å². The van der Waals surface area contributed by atoms with Crippen molar-refractivity contribution in [1.82, 2.24) is 0 Å². The predicted octanol–water partition coefficient (Wildman–Crippen LogP) is 7.47. The molecule has 0 fully saturated rings. The summed E-state index contributed by atoms with van der Waals surface area (Å²) in [5.41, 5.74) is 0. The third-order valence-electron chi connectivity index (χ3n) is 5.33. The van der Waals surface area contributed by atoms with E-state index in [0.29, 0.717) is 0 Å². The van der Waals surface area contributed by atoms with Gasteiger partial charge in [-0.25, -0.2) is 0 Å². The summed E-state index contributed by atoms with van der Waals surface area (Å²) in [6, 6.07) is 59.0. The van der Waals surface area contributed by atoms with E-state index in [0.717, 1.165) is 17.2 Å². The van der Waals surface area contributed by atoms with Crippen LogP contribution in [0.25, 0.3) is 10.8 Å². The Morgan fingerprint density at radius 1 is 0.222 bits per heavy atom. The Labute approximate surface area is 218 Å². The van der Waals surface area contributed by atoms with Crippen LogP contribution in [-0.2, 0) is 0 Å². The molecule has 0 aromatic heterocycles. The molecule has 6 aromatic carbocycles. The van der Waals surface area contributed by atoms with Crippen molar-refractivity contribution in [2.75, 3.05) is 0 Å². The van der Waals surface area contributed by atoms with Gasteiger partial charge in [0.05, 0.1) is 0 Å². The molecule has 0 unspecified atom stereocenters. The molecule has 6 rings (SSSR count). The normalized spacial score (nSPS) is 9.89. The van der Waals surface area contributed by atoms with Crippen LogP contribution in [0.2, 0.25) is 0 Å². The van der Waals surface area contributed by atoms with E-state index in [2.05, 4.69) is 170 Å². The maximum atomic E-state index is 2.17. The fourth-order valence-corrected chi connectivity index (χ4v) is 5.66. The molecule has 0 radical (unpaired) electrons. The van der Waals surface area contributed by atoms with Gasteiger partial charge in [0, 0.05) is 0 Å². The Kier molecular flexibility index (Phi) is 10.5. The van der Waals surface area contributed by atoms with Crippen molar-refractivity contribution in [3.63, 3.8) is 0 Å². The van der Waals surface area contributed by atoms with E-state index in [1.165, 1.54) is 32.0 Å². The molecule has 0 amide bonds. The zero-order chi connectivity index (χ0) is 24.7. The third-order valence-corrected chi connectivity index (χ3v) is 7.82. The first-order valence-electron chi connectivity index (χ1n) is 12.0. The highest BCUT2D eigenvalue weighted by atomic mass is 31.1. The van der Waals surface area contributed by atoms with E-state index in [-0.39, 0.29) is 0 Å². The minimum absolute atomic E-state index is 0.777. The van der Waals surface area contributed by atoms with Crippen molar-refractivity contribution in [2.24, 2.45) is 0 Å². The molecule has 0 aliphatic rings. The van der Waals surface area contributed by atoms with Gasteiger partial charge in [0.1, 0.15) is 0 Å². The van der Waals surface area contributed by atoms with E-state index >= 15 is 0 Å². The molecule has 0 N–H and O–H groups in total. The lowest BCUT2D eigenvalue weighted by Gasteiger charge is -2.00. The molecule has 0 bridgehead atoms. The van der Waals surface area contributed by atoms with E-state index in [4.69, 9.17) is 0 Å². The third kappa shape index (κ3) is 8.90. The molecular formula is C34H30P2. The second kappa shape index (κ2) is 14.8. The zero-order valence-electron chi connectivity index (χ0n) is 20.2. The lowest BCUT2D eigenvalue weighted by Crippen LogP contribution is -2.01. The summed E-state index contributed by atoms with van der Waals surface area (Å²) in [6.07, 6.45) is 0. The van der Waals surface area contributed by atoms with Crippen molar-refractivity contribution in [3.05, 3.63) is 170 Å². The van der Waals surface area contributed by atoms with Crippen molar-refractivity contribution in [3.8, 4) is 0 Å². The number of hydrogen-bond donors (Lipinski definition) is 0. The maximum absolute atomic E-state index is 2.17. The highest BCUT2D eigenvalue weighted by Gasteiger charge is 1.93. The van der Waals surface area contributed by atoms with Crippen LogP contribution in [0.5, 0.6) is 0 Å². The monoisotopic (exact) mass is 500 g/mol. The second-order valence-corrected chi connectivity index (χ2v) is 10.9. The summed E-state index contributed by atoms with van der Waals surface area (Å²) in [7, 11) is 1.55. The van der Waals surface area contributed by atoms with E-state index in [9.17, 15) is 0 Å². The fourth-order valence-electron chi connectivity index (χ4n) is 3.55. The van der Waals surface area contributed by atoms with Crippen LogP contribution in [0, 0.1) is 0 Å². The first-order chi connectivity index (χ1) is 17.9. The fraction of sp³-hybridized carbons (Fsp3) is 0. The van der Waals surface area contributed by atoms with Gasteiger partial charge < -0.3 is 0 Å². The molecular weight excluding hydrogens is 470 g/mol. The first kappa shape index (κ1) is 25.5. The Morgan fingerprint density at radius 2 is 0.417 bits per heavy atom. The predicted molar refractivity (Wildman–Crippen MR) is 165 cm³/mol. The van der Waals surface area contributed by atoms with E-state index < -0.39 is 0 Å². The van der Waals surface area contributed by atoms with Gasteiger partial charge >= 0.3 is 0 Å². The van der Waals surface area contributed by atoms with Crippen molar-refractivity contribution in [1.29, 1.82) is 0 Å². The minimum atomic E-state index is 0.777. The topological polar surface area (TPSA) is 0 Å². The van der Waals surface area contributed by atoms with Gasteiger partial charge in [0.15, 0.2) is 0 Å². The van der Waals surface area contributed by atoms with Crippen LogP contribution in [-0.4, -0.2) is 0 Å². The molecule has 0 atom stereocenters. The van der Waals surface area contributed by atoms with E-state index in [1.807, 2.05) is 0 Å². The summed E-state index contributed by atoms with van der Waals surface area (Å²) < 4.78 is 0. The molecule has 176 valence electrons. The molecule has 0 saturated carbocycles.